The molecule has 0 bridgehead atoms. The Bertz CT molecular complexity index is 1420. The monoisotopic (exact) mass is 491 g/mol. The third-order valence-corrected chi connectivity index (χ3v) is 6.06. The molecule has 0 saturated heterocycles. The van der Waals surface area contributed by atoms with Gasteiger partial charge in [-0.15, -0.1) is 5.10 Å². The Hall–Kier alpha value is -3.81. The van der Waals surface area contributed by atoms with Gasteiger partial charge in [0.25, 0.3) is 5.91 Å². The van der Waals surface area contributed by atoms with Crippen LogP contribution >= 0.6 is 23.2 Å². The van der Waals surface area contributed by atoms with Crippen molar-refractivity contribution in [2.24, 2.45) is 0 Å². The maximum Gasteiger partial charge on any atom is 0.255 e. The second-order valence-electron chi connectivity index (χ2n) is 7.81. The molecule has 170 valence electrons. The number of fused-ring (bicyclic) bond motifs is 1. The number of aromatic hydroxyl groups is 1. The smallest absolute Gasteiger partial charge is 0.255 e. The Kier molecular flexibility index (Phi) is 5.73. The van der Waals surface area contributed by atoms with Crippen LogP contribution in [-0.2, 0) is 4.79 Å². The number of phenols is 1. The summed E-state index contributed by atoms with van der Waals surface area (Å²) in [5.41, 5.74) is 3.17. The molecule has 1 amide bonds. The van der Waals surface area contributed by atoms with Crippen LogP contribution in [0.3, 0.4) is 0 Å². The number of anilines is 2. The molecule has 1 aromatic heterocycles. The predicted molar refractivity (Wildman–Crippen MR) is 133 cm³/mol. The van der Waals surface area contributed by atoms with Crippen molar-refractivity contribution >= 4 is 40.7 Å². The first-order valence-corrected chi connectivity index (χ1v) is 11.2. The summed E-state index contributed by atoms with van der Waals surface area (Å²) in [6.45, 7) is 1.82. The number of phenolic OH excluding ortho intramolecular Hbond substituents is 1. The van der Waals surface area contributed by atoms with Gasteiger partial charge in [-0.25, -0.2) is 4.68 Å². The first-order valence-electron chi connectivity index (χ1n) is 10.5. The number of rotatable bonds is 4. The summed E-state index contributed by atoms with van der Waals surface area (Å²) in [6.07, 6.45) is 0. The number of benzene rings is 3. The maximum absolute atomic E-state index is 13.5. The Morgan fingerprint density at radius 3 is 2.50 bits per heavy atom. The largest absolute Gasteiger partial charge is 0.508 e. The van der Waals surface area contributed by atoms with E-state index < -0.39 is 6.04 Å². The van der Waals surface area contributed by atoms with Crippen LogP contribution in [0.5, 0.6) is 5.75 Å². The molecular formula is C25H19Cl2N5O2. The summed E-state index contributed by atoms with van der Waals surface area (Å²) >= 11 is 12.4. The zero-order chi connectivity index (χ0) is 23.8. The molecule has 3 aromatic carbocycles. The van der Waals surface area contributed by atoms with Crippen LogP contribution in [0.2, 0.25) is 10.0 Å². The number of nitrogens with zero attached hydrogens (tertiary/aromatic N) is 3. The first-order chi connectivity index (χ1) is 16.4. The number of hydrogen-bond acceptors (Lipinski definition) is 5. The molecule has 0 unspecified atom stereocenters. The number of para-hydroxylation sites is 1. The standard InChI is InChI=1S/C25H19Cl2N5O2/c1-14-21(24(34)29-17-5-3-2-4-6-17)22(15-7-10-18(33)11-8-15)32-25(28-14)30-23(31-32)19-12-9-16(26)13-20(19)27/h2-13,22,33H,1H3,(H,29,34)(H,28,30,31)/t22-/m1/s1. The van der Waals surface area contributed by atoms with Crippen molar-refractivity contribution in [3.8, 4) is 17.1 Å². The third kappa shape index (κ3) is 4.11. The van der Waals surface area contributed by atoms with E-state index in [1.807, 2.05) is 37.3 Å². The molecule has 0 radical (unpaired) electrons. The molecule has 4 aromatic rings. The fourth-order valence-corrected chi connectivity index (χ4v) is 4.41. The minimum absolute atomic E-state index is 0.126. The van der Waals surface area contributed by atoms with Crippen molar-refractivity contribution in [3.63, 3.8) is 0 Å². The van der Waals surface area contributed by atoms with E-state index in [0.29, 0.717) is 44.3 Å². The minimum atomic E-state index is -0.590. The van der Waals surface area contributed by atoms with E-state index in [9.17, 15) is 9.90 Å². The number of aromatic nitrogens is 3. The highest BCUT2D eigenvalue weighted by Crippen LogP contribution is 2.38. The van der Waals surface area contributed by atoms with E-state index in [-0.39, 0.29) is 11.7 Å². The quantitative estimate of drug-likeness (QED) is 0.331. The molecule has 0 fully saturated rings. The summed E-state index contributed by atoms with van der Waals surface area (Å²) in [6, 6.07) is 20.4. The lowest BCUT2D eigenvalue weighted by molar-refractivity contribution is -0.113. The highest BCUT2D eigenvalue weighted by molar-refractivity contribution is 6.36. The number of nitrogens with one attached hydrogen (secondary N) is 2. The lowest BCUT2D eigenvalue weighted by Crippen LogP contribution is -2.31. The molecule has 1 aliphatic rings. The summed E-state index contributed by atoms with van der Waals surface area (Å²) in [5, 5.41) is 21.6. The molecule has 3 N–H and O–H groups in total. The van der Waals surface area contributed by atoms with Crippen molar-refractivity contribution in [1.82, 2.24) is 14.8 Å². The van der Waals surface area contributed by atoms with Crippen LogP contribution in [-0.4, -0.2) is 25.8 Å². The topological polar surface area (TPSA) is 92.1 Å². The summed E-state index contributed by atoms with van der Waals surface area (Å²) in [4.78, 5) is 18.1. The zero-order valence-electron chi connectivity index (χ0n) is 18.0. The Morgan fingerprint density at radius 2 is 1.79 bits per heavy atom. The molecule has 9 heteroatoms. The van der Waals surface area contributed by atoms with Crippen molar-refractivity contribution < 1.29 is 9.90 Å². The molecule has 0 aliphatic carbocycles. The third-order valence-electron chi connectivity index (χ3n) is 5.51. The van der Waals surface area contributed by atoms with Gasteiger partial charge in [0.1, 0.15) is 11.8 Å². The van der Waals surface area contributed by atoms with Crippen LogP contribution in [0.1, 0.15) is 18.5 Å². The second-order valence-corrected chi connectivity index (χ2v) is 8.65. The lowest BCUT2D eigenvalue weighted by Gasteiger charge is -2.28. The summed E-state index contributed by atoms with van der Waals surface area (Å²) in [7, 11) is 0. The van der Waals surface area contributed by atoms with Crippen molar-refractivity contribution in [2.75, 3.05) is 10.6 Å². The highest BCUT2D eigenvalue weighted by atomic mass is 35.5. The van der Waals surface area contributed by atoms with Crippen LogP contribution < -0.4 is 10.6 Å². The number of carbonyl (C=O) groups is 1. The lowest BCUT2D eigenvalue weighted by atomic mass is 9.95. The van der Waals surface area contributed by atoms with Gasteiger partial charge in [0, 0.05) is 22.0 Å². The predicted octanol–water partition coefficient (Wildman–Crippen LogP) is 5.89. The number of hydrogen-bond donors (Lipinski definition) is 3. The van der Waals surface area contributed by atoms with Crippen molar-refractivity contribution in [3.05, 3.63) is 99.7 Å². The van der Waals surface area contributed by atoms with Gasteiger partial charge in [-0.05, 0) is 55.0 Å². The molecule has 5 rings (SSSR count). The maximum atomic E-state index is 13.5. The van der Waals surface area contributed by atoms with Gasteiger partial charge in [0.15, 0.2) is 5.82 Å². The minimum Gasteiger partial charge on any atom is -0.508 e. The molecule has 34 heavy (non-hydrogen) atoms. The van der Waals surface area contributed by atoms with Gasteiger partial charge in [0.05, 0.1) is 10.6 Å². The average Bonchev–Trinajstić information content (AvgIpc) is 3.22. The number of amides is 1. The average molecular weight is 492 g/mol. The highest BCUT2D eigenvalue weighted by Gasteiger charge is 2.34. The molecule has 0 saturated carbocycles. The second kappa shape index (κ2) is 8.85. The van der Waals surface area contributed by atoms with Gasteiger partial charge < -0.3 is 15.7 Å². The van der Waals surface area contributed by atoms with E-state index in [2.05, 4.69) is 15.6 Å². The fraction of sp³-hybridized carbons (Fsp3) is 0.0800. The van der Waals surface area contributed by atoms with Crippen molar-refractivity contribution in [1.29, 1.82) is 0 Å². The number of allylic oxidation sites excluding steroid dienone is 1. The first kappa shape index (κ1) is 22.0. The zero-order valence-corrected chi connectivity index (χ0v) is 19.5. The Balaban J connectivity index is 1.61. The summed E-state index contributed by atoms with van der Waals surface area (Å²) < 4.78 is 1.65. The molecule has 2 heterocycles. The SMILES string of the molecule is CC1=C(C(=O)Nc2ccccc2)[C@@H](c2ccc(O)cc2)n2nc(-c3ccc(Cl)cc3Cl)nc2N1. The van der Waals surface area contributed by atoms with Crippen molar-refractivity contribution in [2.45, 2.75) is 13.0 Å². The number of carbonyl (C=O) groups excluding carboxylic acids is 1. The molecule has 7 nitrogen and oxygen atoms in total. The molecule has 1 atom stereocenters. The molecular weight excluding hydrogens is 473 g/mol. The van der Waals surface area contributed by atoms with Crippen LogP contribution in [0.15, 0.2) is 84.1 Å². The Morgan fingerprint density at radius 1 is 1.06 bits per heavy atom. The Labute approximate surface area is 205 Å². The van der Waals surface area contributed by atoms with Crippen LogP contribution in [0.4, 0.5) is 11.6 Å². The van der Waals surface area contributed by atoms with E-state index in [1.54, 1.807) is 47.1 Å². The van der Waals surface area contributed by atoms with Gasteiger partial charge >= 0.3 is 0 Å². The van der Waals surface area contributed by atoms with Gasteiger partial charge in [-0.2, -0.15) is 4.98 Å². The van der Waals surface area contributed by atoms with Crippen LogP contribution in [0, 0.1) is 0 Å². The van der Waals surface area contributed by atoms with Gasteiger partial charge in [-0.1, -0.05) is 53.5 Å². The van der Waals surface area contributed by atoms with Crippen LogP contribution in [0.25, 0.3) is 11.4 Å². The van der Waals surface area contributed by atoms with E-state index >= 15 is 0 Å². The van der Waals surface area contributed by atoms with E-state index in [0.717, 1.165) is 5.56 Å². The van der Waals surface area contributed by atoms with Gasteiger partial charge in [0.2, 0.25) is 5.95 Å². The fourth-order valence-electron chi connectivity index (χ4n) is 3.91. The normalized spacial score (nSPS) is 15.0. The summed E-state index contributed by atoms with van der Waals surface area (Å²) in [5.74, 6) is 0.709. The van der Waals surface area contributed by atoms with E-state index in [1.165, 1.54) is 0 Å². The van der Waals surface area contributed by atoms with Gasteiger partial charge in [-0.3, -0.25) is 4.79 Å². The molecule has 1 aliphatic heterocycles. The molecule has 0 spiro atoms. The number of halogens is 2. The van der Waals surface area contributed by atoms with E-state index in [4.69, 9.17) is 28.3 Å².